The van der Waals surface area contributed by atoms with Crippen molar-refractivity contribution in [1.82, 2.24) is 0 Å². The van der Waals surface area contributed by atoms with Crippen LogP contribution in [0, 0.1) is 10.1 Å². The zero-order chi connectivity index (χ0) is 12.1. The number of anilines is 1. The van der Waals surface area contributed by atoms with Crippen molar-refractivity contribution < 1.29 is 14.5 Å². The third kappa shape index (κ3) is 3.56. The van der Waals surface area contributed by atoms with E-state index in [2.05, 4.69) is 5.32 Å². The molecule has 1 unspecified atom stereocenters. The highest BCUT2D eigenvalue weighted by Crippen LogP contribution is 2.18. The van der Waals surface area contributed by atoms with Crippen LogP contribution in [0.2, 0.25) is 0 Å². The number of nitro groups is 1. The first-order valence-corrected chi connectivity index (χ1v) is 4.67. The Labute approximate surface area is 92.4 Å². The van der Waals surface area contributed by atoms with Crippen molar-refractivity contribution in [2.45, 2.75) is 20.1 Å². The molecule has 0 aliphatic carbocycles. The molecule has 0 aromatic heterocycles. The number of rotatable bonds is 4. The van der Waals surface area contributed by atoms with Gasteiger partial charge in [0.25, 0.3) is 0 Å². The third-order valence-electron chi connectivity index (χ3n) is 1.76. The van der Waals surface area contributed by atoms with Crippen LogP contribution < -0.4 is 10.1 Å². The molecule has 0 heterocycles. The molecule has 0 bridgehead atoms. The van der Waals surface area contributed by atoms with Gasteiger partial charge < -0.3 is 10.1 Å². The van der Waals surface area contributed by atoms with Crippen molar-refractivity contribution >= 4 is 11.6 Å². The molecule has 0 saturated heterocycles. The minimum atomic E-state index is -1.12. The van der Waals surface area contributed by atoms with Crippen LogP contribution in [0.1, 0.15) is 13.8 Å². The molecule has 1 amide bonds. The number of carbonyl (C=O) groups excluding carboxylic acids is 1. The lowest BCUT2D eigenvalue weighted by molar-refractivity contribution is -0.557. The number of amides is 1. The summed E-state index contributed by atoms with van der Waals surface area (Å²) in [5.74, 6) is 0.134. The second-order valence-corrected chi connectivity index (χ2v) is 3.21. The maximum absolute atomic E-state index is 10.8. The molecule has 6 nitrogen and oxygen atoms in total. The highest BCUT2D eigenvalue weighted by Gasteiger charge is 2.13. The van der Waals surface area contributed by atoms with Crippen LogP contribution in [0.3, 0.4) is 0 Å². The first-order valence-electron chi connectivity index (χ1n) is 4.67. The van der Waals surface area contributed by atoms with Gasteiger partial charge in [0.05, 0.1) is 4.92 Å². The van der Waals surface area contributed by atoms with E-state index in [0.29, 0.717) is 11.4 Å². The fourth-order valence-corrected chi connectivity index (χ4v) is 1.09. The Hall–Kier alpha value is -2.11. The molecule has 0 fully saturated rings. The molecule has 6 heteroatoms. The largest absolute Gasteiger partial charge is 0.430 e. The topological polar surface area (TPSA) is 81.5 Å². The van der Waals surface area contributed by atoms with Crippen molar-refractivity contribution in [3.05, 3.63) is 34.4 Å². The van der Waals surface area contributed by atoms with E-state index in [9.17, 15) is 14.9 Å². The first-order chi connectivity index (χ1) is 7.49. The van der Waals surface area contributed by atoms with Gasteiger partial charge in [0.1, 0.15) is 5.75 Å². The normalized spacial score (nSPS) is 11.6. The predicted molar refractivity (Wildman–Crippen MR) is 57.8 cm³/mol. The lowest BCUT2D eigenvalue weighted by Crippen LogP contribution is -2.22. The lowest BCUT2D eigenvalue weighted by Gasteiger charge is -2.09. The lowest BCUT2D eigenvalue weighted by atomic mass is 10.3. The quantitative estimate of drug-likeness (QED) is 0.479. The molecule has 0 saturated carbocycles. The Morgan fingerprint density at radius 2 is 2.25 bits per heavy atom. The fourth-order valence-electron chi connectivity index (χ4n) is 1.09. The van der Waals surface area contributed by atoms with Crippen molar-refractivity contribution in [3.63, 3.8) is 0 Å². The molecule has 1 aromatic rings. The zero-order valence-corrected chi connectivity index (χ0v) is 8.97. The van der Waals surface area contributed by atoms with E-state index < -0.39 is 11.2 Å². The second-order valence-electron chi connectivity index (χ2n) is 3.21. The second kappa shape index (κ2) is 5.11. The van der Waals surface area contributed by atoms with Crippen molar-refractivity contribution in [3.8, 4) is 5.75 Å². The third-order valence-corrected chi connectivity index (χ3v) is 1.76. The van der Waals surface area contributed by atoms with Crippen LogP contribution in [0.25, 0.3) is 0 Å². The maximum atomic E-state index is 10.8. The highest BCUT2D eigenvalue weighted by molar-refractivity contribution is 5.88. The van der Waals surface area contributed by atoms with Gasteiger partial charge in [-0.05, 0) is 12.1 Å². The summed E-state index contributed by atoms with van der Waals surface area (Å²) in [5.41, 5.74) is 0.542. The molecule has 0 aliphatic rings. The summed E-state index contributed by atoms with van der Waals surface area (Å²) >= 11 is 0. The molecule has 1 aromatic carbocycles. The number of benzene rings is 1. The molecule has 0 radical (unpaired) electrons. The van der Waals surface area contributed by atoms with Crippen LogP contribution in [0.5, 0.6) is 5.75 Å². The van der Waals surface area contributed by atoms with Gasteiger partial charge in [-0.25, -0.2) is 0 Å². The van der Waals surface area contributed by atoms with E-state index in [1.54, 1.807) is 18.2 Å². The number of nitrogens with one attached hydrogen (secondary N) is 1. The van der Waals surface area contributed by atoms with Gasteiger partial charge >= 0.3 is 6.23 Å². The molecule has 86 valence electrons. The monoisotopic (exact) mass is 224 g/mol. The fraction of sp³-hybridized carbons (Fsp3) is 0.300. The van der Waals surface area contributed by atoms with Crippen molar-refractivity contribution in [2.75, 3.05) is 5.32 Å². The van der Waals surface area contributed by atoms with E-state index in [1.165, 1.54) is 19.9 Å². The van der Waals surface area contributed by atoms with E-state index in [4.69, 9.17) is 4.74 Å². The summed E-state index contributed by atoms with van der Waals surface area (Å²) in [6, 6.07) is 6.44. The maximum Gasteiger partial charge on any atom is 0.350 e. The minimum Gasteiger partial charge on any atom is -0.430 e. The van der Waals surface area contributed by atoms with Gasteiger partial charge in [0, 0.05) is 25.6 Å². The van der Waals surface area contributed by atoms with Crippen molar-refractivity contribution in [1.29, 1.82) is 0 Å². The number of ether oxygens (including phenoxy) is 1. The van der Waals surface area contributed by atoms with Crippen LogP contribution in [0.15, 0.2) is 24.3 Å². The van der Waals surface area contributed by atoms with Crippen LogP contribution in [0.4, 0.5) is 5.69 Å². The number of carbonyl (C=O) groups is 1. The molecular formula is C10H12N2O4. The van der Waals surface area contributed by atoms with Crippen molar-refractivity contribution in [2.24, 2.45) is 0 Å². The Morgan fingerprint density at radius 3 is 2.81 bits per heavy atom. The standard InChI is InChI=1S/C10H12N2O4/c1-7(13)11-9-4-3-5-10(6-9)16-8(2)12(14)15/h3-6,8H,1-2H3,(H,11,13). The minimum absolute atomic E-state index is 0.209. The van der Waals surface area contributed by atoms with E-state index in [-0.39, 0.29) is 5.91 Å². The Bertz CT molecular complexity index is 406. The van der Waals surface area contributed by atoms with Gasteiger partial charge in [-0.2, -0.15) is 0 Å². The zero-order valence-electron chi connectivity index (χ0n) is 8.97. The molecular weight excluding hydrogens is 212 g/mol. The van der Waals surface area contributed by atoms with Crippen LogP contribution in [-0.4, -0.2) is 17.1 Å². The molecule has 1 N–H and O–H groups in total. The summed E-state index contributed by atoms with van der Waals surface area (Å²) in [5, 5.41) is 12.9. The Balaban J connectivity index is 2.74. The van der Waals surface area contributed by atoms with Crippen LogP contribution >= 0.6 is 0 Å². The summed E-state index contributed by atoms with van der Waals surface area (Å²) in [6.45, 7) is 2.72. The van der Waals surface area contributed by atoms with Crippen LogP contribution in [-0.2, 0) is 4.79 Å². The van der Waals surface area contributed by atoms with E-state index in [0.717, 1.165) is 0 Å². The van der Waals surface area contributed by atoms with Gasteiger partial charge in [0.2, 0.25) is 5.91 Å². The molecule has 0 aliphatic heterocycles. The Morgan fingerprint density at radius 1 is 1.56 bits per heavy atom. The van der Waals surface area contributed by atoms with Gasteiger partial charge in [-0.15, -0.1) is 0 Å². The summed E-state index contributed by atoms with van der Waals surface area (Å²) in [6.07, 6.45) is -1.12. The summed E-state index contributed by atoms with van der Waals surface area (Å²) in [7, 11) is 0. The van der Waals surface area contributed by atoms with E-state index >= 15 is 0 Å². The number of hydrogen-bond acceptors (Lipinski definition) is 4. The van der Waals surface area contributed by atoms with Gasteiger partial charge in [0.15, 0.2) is 0 Å². The molecule has 16 heavy (non-hydrogen) atoms. The number of hydrogen-bond donors (Lipinski definition) is 1. The molecule has 1 atom stereocenters. The highest BCUT2D eigenvalue weighted by atomic mass is 16.7. The predicted octanol–water partition coefficient (Wildman–Crippen LogP) is 1.65. The van der Waals surface area contributed by atoms with E-state index in [1.807, 2.05) is 0 Å². The van der Waals surface area contributed by atoms with Gasteiger partial charge in [-0.1, -0.05) is 6.07 Å². The molecule has 1 rings (SSSR count). The summed E-state index contributed by atoms with van der Waals surface area (Å²) in [4.78, 5) is 20.6. The average Bonchev–Trinajstić information content (AvgIpc) is 2.16. The van der Waals surface area contributed by atoms with Gasteiger partial charge in [-0.3, -0.25) is 14.9 Å². The average molecular weight is 224 g/mol. The number of nitrogens with zero attached hydrogens (tertiary/aromatic N) is 1. The molecule has 0 spiro atoms. The Kier molecular flexibility index (Phi) is 3.82. The SMILES string of the molecule is CC(=O)Nc1cccc(OC(C)[N+](=O)[O-])c1. The smallest absolute Gasteiger partial charge is 0.350 e. The summed E-state index contributed by atoms with van der Waals surface area (Å²) < 4.78 is 5.05. The first kappa shape index (κ1) is 12.0.